The summed E-state index contributed by atoms with van der Waals surface area (Å²) in [4.78, 5) is 44.8. The number of H-pyrrole nitrogens is 1. The molecule has 12 heteroatoms. The van der Waals surface area contributed by atoms with Gasteiger partial charge in [-0.15, -0.1) is 11.3 Å². The van der Waals surface area contributed by atoms with Crippen LogP contribution in [0.4, 0.5) is 24.7 Å². The van der Waals surface area contributed by atoms with Crippen LogP contribution in [-0.4, -0.2) is 27.5 Å². The molecule has 1 aromatic carbocycles. The van der Waals surface area contributed by atoms with E-state index in [4.69, 9.17) is 5.73 Å². The van der Waals surface area contributed by atoms with Crippen LogP contribution in [0.5, 0.6) is 0 Å². The number of unbranched alkanes of at least 4 members (excludes halogenated alkanes) is 1. The minimum absolute atomic E-state index is 0.100. The molecule has 0 saturated carbocycles. The number of rotatable bonds is 7. The third-order valence-corrected chi connectivity index (χ3v) is 5.94. The van der Waals surface area contributed by atoms with Crippen molar-refractivity contribution < 1.29 is 18.0 Å². The molecule has 0 aliphatic carbocycles. The van der Waals surface area contributed by atoms with Crippen molar-refractivity contribution in [2.24, 2.45) is 0 Å². The highest BCUT2D eigenvalue weighted by molar-refractivity contribution is 7.13. The molecule has 0 aliphatic rings. The van der Waals surface area contributed by atoms with Crippen LogP contribution >= 0.6 is 11.3 Å². The number of hydrogen-bond donors (Lipinski definition) is 2. The van der Waals surface area contributed by atoms with Gasteiger partial charge >= 0.3 is 11.9 Å². The van der Waals surface area contributed by atoms with Crippen LogP contribution in [0.25, 0.3) is 10.6 Å². The lowest BCUT2D eigenvalue weighted by atomic mass is 10.1. The number of benzene rings is 1. The van der Waals surface area contributed by atoms with Gasteiger partial charge in [0.25, 0.3) is 5.56 Å². The molecule has 2 aromatic heterocycles. The number of nitrogens with zero attached hydrogens (tertiary/aromatic N) is 3. The van der Waals surface area contributed by atoms with Crippen LogP contribution in [0.2, 0.25) is 0 Å². The standard InChI is InChI=1S/C21H22F3N5O3S/c1-3-4-9-29-17(25)16(18(31)27-20(29)32)28(2)15(30)10-14-11-33-19(26-14)12-5-7-13(8-6-12)21(22,23)24/h5-8,11H,3-4,9-10,25H2,1-2H3,(H,27,31,32). The first-order valence-corrected chi connectivity index (χ1v) is 10.9. The van der Waals surface area contributed by atoms with Gasteiger partial charge in [-0.05, 0) is 18.6 Å². The number of carbonyl (C=O) groups excluding carboxylic acids is 1. The summed E-state index contributed by atoms with van der Waals surface area (Å²) in [6.07, 6.45) is -3.12. The Hall–Kier alpha value is -3.41. The topological polar surface area (TPSA) is 114 Å². The molecule has 1 amide bonds. The lowest BCUT2D eigenvalue weighted by Gasteiger charge is -2.20. The first-order chi connectivity index (χ1) is 15.5. The average molecular weight is 482 g/mol. The van der Waals surface area contributed by atoms with Gasteiger partial charge < -0.3 is 10.6 Å². The Kier molecular flexibility index (Phi) is 7.06. The number of aromatic nitrogens is 3. The summed E-state index contributed by atoms with van der Waals surface area (Å²) < 4.78 is 39.4. The second kappa shape index (κ2) is 9.61. The van der Waals surface area contributed by atoms with E-state index >= 15 is 0 Å². The average Bonchev–Trinajstić information content (AvgIpc) is 3.21. The van der Waals surface area contributed by atoms with Gasteiger partial charge in [0.15, 0.2) is 5.69 Å². The maximum absolute atomic E-state index is 12.8. The van der Waals surface area contributed by atoms with Gasteiger partial charge in [-0.1, -0.05) is 25.5 Å². The fraction of sp³-hybridized carbons (Fsp3) is 0.333. The molecule has 33 heavy (non-hydrogen) atoms. The maximum atomic E-state index is 12.8. The summed E-state index contributed by atoms with van der Waals surface area (Å²) in [6, 6.07) is 4.58. The molecule has 3 rings (SSSR count). The highest BCUT2D eigenvalue weighted by Crippen LogP contribution is 2.32. The van der Waals surface area contributed by atoms with E-state index in [0.717, 1.165) is 23.5 Å². The summed E-state index contributed by atoms with van der Waals surface area (Å²) in [5.41, 5.74) is 4.61. The van der Waals surface area contributed by atoms with Crippen molar-refractivity contribution >= 4 is 28.7 Å². The molecule has 3 aromatic rings. The first-order valence-electron chi connectivity index (χ1n) is 10.0. The van der Waals surface area contributed by atoms with Crippen molar-refractivity contribution in [3.8, 4) is 10.6 Å². The lowest BCUT2D eigenvalue weighted by Crippen LogP contribution is -2.39. The molecule has 0 radical (unpaired) electrons. The van der Waals surface area contributed by atoms with Gasteiger partial charge in [-0.25, -0.2) is 9.78 Å². The minimum atomic E-state index is -4.43. The number of anilines is 2. The first kappa shape index (κ1) is 24.2. The van der Waals surface area contributed by atoms with E-state index in [0.29, 0.717) is 29.2 Å². The smallest absolute Gasteiger partial charge is 0.383 e. The van der Waals surface area contributed by atoms with Gasteiger partial charge in [-0.3, -0.25) is 19.1 Å². The zero-order valence-electron chi connectivity index (χ0n) is 17.9. The molecular formula is C21H22F3N5O3S. The van der Waals surface area contributed by atoms with Crippen LogP contribution in [0.1, 0.15) is 31.0 Å². The maximum Gasteiger partial charge on any atom is 0.416 e. The van der Waals surface area contributed by atoms with E-state index in [1.54, 1.807) is 5.38 Å². The van der Waals surface area contributed by atoms with Crippen LogP contribution in [0, 0.1) is 0 Å². The van der Waals surface area contributed by atoms with Gasteiger partial charge in [0, 0.05) is 24.5 Å². The molecule has 176 valence electrons. The molecule has 2 heterocycles. The molecule has 0 atom stereocenters. The van der Waals surface area contributed by atoms with E-state index < -0.39 is 28.9 Å². The number of nitrogens with two attached hydrogens (primary N) is 1. The van der Waals surface area contributed by atoms with Crippen molar-refractivity contribution in [3.63, 3.8) is 0 Å². The molecule has 0 fully saturated rings. The summed E-state index contributed by atoms with van der Waals surface area (Å²) in [5.74, 6) is -0.589. The largest absolute Gasteiger partial charge is 0.416 e. The van der Waals surface area contributed by atoms with Crippen LogP contribution in [0.3, 0.4) is 0 Å². The summed E-state index contributed by atoms with van der Waals surface area (Å²) >= 11 is 1.18. The Morgan fingerprint density at radius 1 is 1.24 bits per heavy atom. The van der Waals surface area contributed by atoms with Crippen molar-refractivity contribution in [3.05, 3.63) is 61.7 Å². The normalized spacial score (nSPS) is 11.5. The zero-order valence-corrected chi connectivity index (χ0v) is 18.7. The highest BCUT2D eigenvalue weighted by Gasteiger charge is 2.30. The second-order valence-electron chi connectivity index (χ2n) is 7.35. The fourth-order valence-corrected chi connectivity index (χ4v) is 3.99. The number of amides is 1. The number of likely N-dealkylation sites (N-methyl/N-ethyl adjacent to an activating group) is 1. The molecule has 8 nitrogen and oxygen atoms in total. The van der Waals surface area contributed by atoms with Gasteiger partial charge in [0.2, 0.25) is 5.91 Å². The van der Waals surface area contributed by atoms with Crippen LogP contribution in [0.15, 0.2) is 39.2 Å². The number of halogens is 3. The zero-order chi connectivity index (χ0) is 24.3. The number of alkyl halides is 3. The van der Waals surface area contributed by atoms with E-state index in [9.17, 15) is 27.6 Å². The Morgan fingerprint density at radius 3 is 2.52 bits per heavy atom. The molecule has 0 aliphatic heterocycles. The summed E-state index contributed by atoms with van der Waals surface area (Å²) in [7, 11) is 1.38. The van der Waals surface area contributed by atoms with E-state index in [-0.39, 0.29) is 17.9 Å². The molecule has 0 saturated heterocycles. The fourth-order valence-electron chi connectivity index (χ4n) is 3.16. The summed E-state index contributed by atoms with van der Waals surface area (Å²) in [5, 5.41) is 2.08. The Morgan fingerprint density at radius 2 is 1.91 bits per heavy atom. The lowest BCUT2D eigenvalue weighted by molar-refractivity contribution is -0.137. The van der Waals surface area contributed by atoms with E-state index in [2.05, 4.69) is 9.97 Å². The molecule has 3 N–H and O–H groups in total. The van der Waals surface area contributed by atoms with Crippen molar-refractivity contribution in [2.75, 3.05) is 17.7 Å². The van der Waals surface area contributed by atoms with Crippen molar-refractivity contribution in [1.82, 2.24) is 14.5 Å². The third-order valence-electron chi connectivity index (χ3n) is 5.00. The van der Waals surface area contributed by atoms with Gasteiger partial charge in [0.05, 0.1) is 17.7 Å². The van der Waals surface area contributed by atoms with Crippen molar-refractivity contribution in [2.45, 2.75) is 38.9 Å². The predicted molar refractivity (Wildman–Crippen MR) is 120 cm³/mol. The molecule has 0 bridgehead atoms. The molecule has 0 spiro atoms. The SMILES string of the molecule is CCCCn1c(N)c(N(C)C(=O)Cc2csc(-c3ccc(C(F)(F)F)cc3)n2)c(=O)[nH]c1=O. The summed E-state index contributed by atoms with van der Waals surface area (Å²) in [6.45, 7) is 2.24. The van der Waals surface area contributed by atoms with Gasteiger partial charge in [-0.2, -0.15) is 13.2 Å². The quantitative estimate of drug-likeness (QED) is 0.538. The minimum Gasteiger partial charge on any atom is -0.383 e. The van der Waals surface area contributed by atoms with E-state index in [1.807, 2.05) is 6.92 Å². The molecule has 0 unspecified atom stereocenters. The number of nitrogens with one attached hydrogen (secondary N) is 1. The number of nitrogen functional groups attached to an aromatic ring is 1. The van der Waals surface area contributed by atoms with Crippen LogP contribution in [-0.2, 0) is 23.9 Å². The predicted octanol–water partition coefficient (Wildman–Crippen LogP) is 3.27. The second-order valence-corrected chi connectivity index (χ2v) is 8.21. The number of carbonyl (C=O) groups is 1. The number of thiazole rings is 1. The number of aromatic amines is 1. The Labute approximate surface area is 190 Å². The molecular weight excluding hydrogens is 459 g/mol. The third kappa shape index (κ3) is 5.33. The number of hydrogen-bond acceptors (Lipinski definition) is 6. The van der Waals surface area contributed by atoms with E-state index in [1.165, 1.54) is 35.1 Å². The van der Waals surface area contributed by atoms with Crippen molar-refractivity contribution in [1.29, 1.82) is 0 Å². The van der Waals surface area contributed by atoms with Crippen LogP contribution < -0.4 is 21.9 Å². The van der Waals surface area contributed by atoms with Gasteiger partial charge in [0.1, 0.15) is 10.8 Å². The Balaban J connectivity index is 1.80. The Bertz CT molecular complexity index is 1260. The highest BCUT2D eigenvalue weighted by atomic mass is 32.1. The monoisotopic (exact) mass is 481 g/mol.